The van der Waals surface area contributed by atoms with Crippen molar-refractivity contribution in [2.75, 3.05) is 34.8 Å². The normalized spacial score (nSPS) is 25.0. The standard InChI is InChI=1S/C29H33F2N7O2S/c30-20-5-8-22(23(16-20)28(39)37-29(18-32)9-10-29)26(33)24(17-36-27-25(31)2-1-11-35-27)19-3-6-21(7-4-19)38-12-14-41(34,40)15-13-38/h1-4,6-7,11,17,20,22-23,33-34H,5,8-10,12-16H2,(H,35,36)(H,37,39)/b24-17-,33-26?/t20-,22+,23?/m0/s1. The number of carbonyl (C=O) groups excluding carboxylic acids is 1. The molecule has 1 saturated heterocycles. The Morgan fingerprint density at radius 3 is 2.51 bits per heavy atom. The van der Waals surface area contributed by atoms with Crippen molar-refractivity contribution in [3.63, 3.8) is 0 Å². The lowest BCUT2D eigenvalue weighted by Crippen LogP contribution is -2.46. The Hall–Kier alpha value is -3.85. The minimum absolute atomic E-state index is 0.0202. The molecule has 12 heteroatoms. The lowest BCUT2D eigenvalue weighted by atomic mass is 9.73. The summed E-state index contributed by atoms with van der Waals surface area (Å²) in [7, 11) is -2.53. The van der Waals surface area contributed by atoms with E-state index in [1.165, 1.54) is 24.5 Å². The highest BCUT2D eigenvalue weighted by atomic mass is 32.2. The highest BCUT2D eigenvalue weighted by molar-refractivity contribution is 7.92. The van der Waals surface area contributed by atoms with E-state index in [2.05, 4.69) is 26.6 Å². The van der Waals surface area contributed by atoms with Gasteiger partial charge in [0.25, 0.3) is 0 Å². The van der Waals surface area contributed by atoms with Crippen LogP contribution >= 0.6 is 0 Å². The lowest BCUT2D eigenvalue weighted by molar-refractivity contribution is -0.128. The number of carbonyl (C=O) groups is 1. The van der Waals surface area contributed by atoms with Crippen LogP contribution in [-0.2, 0) is 14.5 Å². The van der Waals surface area contributed by atoms with E-state index in [0.29, 0.717) is 48.6 Å². The van der Waals surface area contributed by atoms with E-state index in [1.807, 2.05) is 24.3 Å². The van der Waals surface area contributed by atoms with Crippen LogP contribution in [0, 0.1) is 39.2 Å². The summed E-state index contributed by atoms with van der Waals surface area (Å²) in [6.45, 7) is 1.02. The first-order chi connectivity index (χ1) is 19.6. The summed E-state index contributed by atoms with van der Waals surface area (Å²) in [4.78, 5) is 19.3. The van der Waals surface area contributed by atoms with Crippen LogP contribution in [0.1, 0.15) is 37.7 Å². The van der Waals surface area contributed by atoms with Gasteiger partial charge in [0.2, 0.25) is 5.91 Å². The number of amides is 1. The van der Waals surface area contributed by atoms with Gasteiger partial charge in [0.1, 0.15) is 11.7 Å². The van der Waals surface area contributed by atoms with E-state index < -0.39 is 45.0 Å². The Balaban J connectivity index is 1.43. The molecule has 1 aromatic heterocycles. The van der Waals surface area contributed by atoms with Crippen molar-refractivity contribution in [2.45, 2.75) is 43.8 Å². The Bertz CT molecular complexity index is 1490. The molecule has 5 rings (SSSR count). The number of halogens is 2. The van der Waals surface area contributed by atoms with Crippen molar-refractivity contribution in [3.05, 3.63) is 60.2 Å². The zero-order chi connectivity index (χ0) is 29.2. The maximum Gasteiger partial charge on any atom is 0.225 e. The highest BCUT2D eigenvalue weighted by Gasteiger charge is 2.48. The minimum atomic E-state index is -2.53. The first kappa shape index (κ1) is 28.7. The van der Waals surface area contributed by atoms with Gasteiger partial charge in [0, 0.05) is 75.5 Å². The van der Waals surface area contributed by atoms with E-state index in [0.717, 1.165) is 5.69 Å². The lowest BCUT2D eigenvalue weighted by Gasteiger charge is -2.34. The molecule has 2 aromatic rings. The van der Waals surface area contributed by atoms with Crippen molar-refractivity contribution in [3.8, 4) is 6.07 Å². The second-order valence-corrected chi connectivity index (χ2v) is 13.5. The quantitative estimate of drug-likeness (QED) is 0.338. The number of hydrogen-bond acceptors (Lipinski definition) is 8. The maximum absolute atomic E-state index is 14.5. The van der Waals surface area contributed by atoms with Gasteiger partial charge >= 0.3 is 0 Å². The highest BCUT2D eigenvalue weighted by Crippen LogP contribution is 2.39. The number of anilines is 2. The maximum atomic E-state index is 14.5. The summed E-state index contributed by atoms with van der Waals surface area (Å²) in [6, 6.07) is 12.3. The van der Waals surface area contributed by atoms with Crippen molar-refractivity contribution in [1.82, 2.24) is 10.3 Å². The van der Waals surface area contributed by atoms with E-state index >= 15 is 0 Å². The number of allylic oxidation sites excluding steroid dienone is 1. The second kappa shape index (κ2) is 11.6. The second-order valence-electron chi connectivity index (χ2n) is 11.0. The molecule has 3 atom stereocenters. The smallest absolute Gasteiger partial charge is 0.225 e. The van der Waals surface area contributed by atoms with Gasteiger partial charge in [-0.25, -0.2) is 18.0 Å². The number of benzene rings is 1. The molecular weight excluding hydrogens is 548 g/mol. The summed E-state index contributed by atoms with van der Waals surface area (Å²) in [5.41, 5.74) is 1.15. The Morgan fingerprint density at radius 2 is 1.88 bits per heavy atom. The third-order valence-electron chi connectivity index (χ3n) is 8.15. The van der Waals surface area contributed by atoms with Crippen LogP contribution in [0.5, 0.6) is 0 Å². The van der Waals surface area contributed by atoms with Crippen molar-refractivity contribution >= 4 is 38.4 Å². The van der Waals surface area contributed by atoms with Gasteiger partial charge in [-0.1, -0.05) is 12.1 Å². The van der Waals surface area contributed by atoms with Crippen LogP contribution in [0.3, 0.4) is 0 Å². The first-order valence-electron chi connectivity index (χ1n) is 13.7. The Morgan fingerprint density at radius 1 is 1.17 bits per heavy atom. The molecule has 2 aliphatic carbocycles. The van der Waals surface area contributed by atoms with Gasteiger partial charge in [-0.3, -0.25) is 9.57 Å². The zero-order valence-corrected chi connectivity index (χ0v) is 23.4. The summed E-state index contributed by atoms with van der Waals surface area (Å²) in [5.74, 6) is -1.83. The largest absolute Gasteiger partial charge is 0.370 e. The summed E-state index contributed by atoms with van der Waals surface area (Å²) < 4.78 is 48.8. The molecule has 2 saturated carbocycles. The molecule has 9 nitrogen and oxygen atoms in total. The summed E-state index contributed by atoms with van der Waals surface area (Å²) in [5, 5.41) is 24.3. The number of alkyl halides is 1. The number of pyridine rings is 1. The fraction of sp³-hybridized carbons (Fsp3) is 0.448. The molecule has 41 heavy (non-hydrogen) atoms. The van der Waals surface area contributed by atoms with E-state index in [1.54, 1.807) is 0 Å². The molecule has 0 spiro atoms. The molecule has 1 amide bonds. The molecule has 2 heterocycles. The minimum Gasteiger partial charge on any atom is -0.370 e. The molecular formula is C29H33F2N7O2S. The monoisotopic (exact) mass is 581 g/mol. The Labute approximate surface area is 238 Å². The van der Waals surface area contributed by atoms with E-state index in [-0.39, 0.29) is 30.8 Å². The number of aromatic nitrogens is 1. The third kappa shape index (κ3) is 6.56. The Kier molecular flexibility index (Phi) is 8.09. The molecule has 1 unspecified atom stereocenters. The molecule has 216 valence electrons. The molecule has 3 fully saturated rings. The van der Waals surface area contributed by atoms with Crippen LogP contribution in [0.2, 0.25) is 0 Å². The van der Waals surface area contributed by atoms with Crippen LogP contribution < -0.4 is 15.5 Å². The van der Waals surface area contributed by atoms with Gasteiger partial charge < -0.3 is 20.9 Å². The fourth-order valence-corrected chi connectivity index (χ4v) is 6.70. The summed E-state index contributed by atoms with van der Waals surface area (Å²) >= 11 is 0. The van der Waals surface area contributed by atoms with Crippen LogP contribution in [-0.4, -0.2) is 57.1 Å². The van der Waals surface area contributed by atoms with Gasteiger partial charge in [0.15, 0.2) is 11.6 Å². The fourth-order valence-electron chi connectivity index (χ4n) is 5.46. The predicted molar refractivity (Wildman–Crippen MR) is 154 cm³/mol. The number of nitrogens with one attached hydrogen (secondary N) is 4. The number of hydrogen-bond donors (Lipinski definition) is 4. The number of nitrogens with zero attached hydrogens (tertiary/aromatic N) is 3. The molecule has 0 radical (unpaired) electrons. The van der Waals surface area contributed by atoms with Crippen molar-refractivity contribution in [1.29, 1.82) is 15.5 Å². The molecule has 1 aromatic carbocycles. The van der Waals surface area contributed by atoms with Gasteiger partial charge in [-0.2, -0.15) is 5.26 Å². The van der Waals surface area contributed by atoms with Crippen molar-refractivity contribution in [2.24, 2.45) is 11.8 Å². The van der Waals surface area contributed by atoms with Gasteiger partial charge in [-0.15, -0.1) is 0 Å². The average molecular weight is 582 g/mol. The molecule has 3 aliphatic rings. The van der Waals surface area contributed by atoms with Crippen LogP contribution in [0.15, 0.2) is 48.8 Å². The van der Waals surface area contributed by atoms with Crippen LogP contribution in [0.4, 0.5) is 20.3 Å². The number of nitriles is 1. The molecule has 0 bridgehead atoms. The first-order valence-corrected chi connectivity index (χ1v) is 15.6. The zero-order valence-electron chi connectivity index (χ0n) is 22.5. The topological polar surface area (TPSA) is 146 Å². The average Bonchev–Trinajstić information content (AvgIpc) is 3.74. The SMILES string of the molecule is N#CC1(NC(=O)C2C[C@@H](F)CC[C@H]2C(=N)/C(=C\Nc2ncccc2F)c2ccc(N3CCS(=N)(=O)CC3)cc2)CC1. The van der Waals surface area contributed by atoms with Gasteiger partial charge in [-0.05, 0) is 61.9 Å². The van der Waals surface area contributed by atoms with E-state index in [4.69, 9.17) is 4.78 Å². The third-order valence-corrected chi connectivity index (χ3v) is 9.83. The number of rotatable bonds is 8. The van der Waals surface area contributed by atoms with E-state index in [9.17, 15) is 28.5 Å². The van der Waals surface area contributed by atoms with Crippen molar-refractivity contribution < 1.29 is 17.8 Å². The van der Waals surface area contributed by atoms with Crippen LogP contribution in [0.25, 0.3) is 5.57 Å². The predicted octanol–water partition coefficient (Wildman–Crippen LogP) is 4.49. The van der Waals surface area contributed by atoms with Gasteiger partial charge in [0.05, 0.1) is 6.07 Å². The molecule has 1 aliphatic heterocycles. The molecule has 4 N–H and O–H groups in total. The summed E-state index contributed by atoms with van der Waals surface area (Å²) in [6.07, 6.45) is 3.32.